The number of benzene rings is 1. The number of nitrogens with one attached hydrogen (secondary N) is 2. The Balaban J connectivity index is 2.48. The largest absolute Gasteiger partial charge is 0.397 e. The maximum absolute atomic E-state index is 11.8. The van der Waals surface area contributed by atoms with Gasteiger partial charge in [-0.15, -0.1) is 0 Å². The summed E-state index contributed by atoms with van der Waals surface area (Å²) in [6.07, 6.45) is 2.21. The number of ether oxygens (including phenoxy) is 1. The molecule has 0 radical (unpaired) electrons. The molecule has 0 spiro atoms. The monoisotopic (exact) mass is 279 g/mol. The summed E-state index contributed by atoms with van der Waals surface area (Å²) in [6, 6.07) is 5.24. The first-order valence-corrected chi connectivity index (χ1v) is 7.18. The molecule has 1 rings (SSSR count). The van der Waals surface area contributed by atoms with Crippen LogP contribution in [0.2, 0.25) is 0 Å². The van der Waals surface area contributed by atoms with E-state index >= 15 is 0 Å². The summed E-state index contributed by atoms with van der Waals surface area (Å²) in [7, 11) is 0. The number of anilines is 2. The molecule has 0 heterocycles. The molecule has 0 fully saturated rings. The lowest BCUT2D eigenvalue weighted by molar-refractivity contribution is 0.0956. The van der Waals surface area contributed by atoms with Crippen LogP contribution in [-0.2, 0) is 4.74 Å². The lowest BCUT2D eigenvalue weighted by atomic mass is 10.1. The molecule has 0 saturated carbocycles. The number of amides is 1. The highest BCUT2D eigenvalue weighted by atomic mass is 16.5. The Morgan fingerprint density at radius 3 is 2.80 bits per heavy atom. The SMILES string of the molecule is CCCCOCCNc1cc(C(=O)NCC)ccc1N. The molecule has 0 aliphatic heterocycles. The van der Waals surface area contributed by atoms with Crippen molar-refractivity contribution >= 4 is 17.3 Å². The van der Waals surface area contributed by atoms with Crippen molar-refractivity contribution in [3.05, 3.63) is 23.8 Å². The predicted octanol–water partition coefficient (Wildman–Crippen LogP) is 2.25. The van der Waals surface area contributed by atoms with E-state index in [4.69, 9.17) is 10.5 Å². The fraction of sp³-hybridized carbons (Fsp3) is 0.533. The third kappa shape index (κ3) is 5.48. The van der Waals surface area contributed by atoms with E-state index in [-0.39, 0.29) is 5.91 Å². The molecule has 0 atom stereocenters. The molecule has 1 aromatic rings. The first-order chi connectivity index (χ1) is 9.69. The van der Waals surface area contributed by atoms with Gasteiger partial charge in [0.15, 0.2) is 0 Å². The van der Waals surface area contributed by atoms with Crippen LogP contribution in [0.3, 0.4) is 0 Å². The fourth-order valence-electron chi connectivity index (χ4n) is 1.72. The van der Waals surface area contributed by atoms with Crippen molar-refractivity contribution < 1.29 is 9.53 Å². The summed E-state index contributed by atoms with van der Waals surface area (Å²) < 4.78 is 5.47. The molecule has 0 bridgehead atoms. The highest BCUT2D eigenvalue weighted by molar-refractivity contribution is 5.96. The molecule has 5 nitrogen and oxygen atoms in total. The molecule has 0 aliphatic rings. The molecule has 0 unspecified atom stereocenters. The van der Waals surface area contributed by atoms with Gasteiger partial charge in [-0.25, -0.2) is 0 Å². The van der Waals surface area contributed by atoms with E-state index in [9.17, 15) is 4.79 Å². The highest BCUT2D eigenvalue weighted by Crippen LogP contribution is 2.19. The van der Waals surface area contributed by atoms with Crippen LogP contribution in [0.4, 0.5) is 11.4 Å². The van der Waals surface area contributed by atoms with Crippen LogP contribution in [0.1, 0.15) is 37.0 Å². The van der Waals surface area contributed by atoms with Crippen LogP contribution in [0.15, 0.2) is 18.2 Å². The Hall–Kier alpha value is -1.75. The molecule has 4 N–H and O–H groups in total. The van der Waals surface area contributed by atoms with Crippen molar-refractivity contribution in [1.29, 1.82) is 0 Å². The number of carbonyl (C=O) groups is 1. The highest BCUT2D eigenvalue weighted by Gasteiger charge is 2.07. The normalized spacial score (nSPS) is 10.3. The Labute approximate surface area is 120 Å². The molecule has 0 saturated heterocycles. The lowest BCUT2D eigenvalue weighted by Crippen LogP contribution is -2.23. The van der Waals surface area contributed by atoms with Gasteiger partial charge in [0.1, 0.15) is 0 Å². The smallest absolute Gasteiger partial charge is 0.251 e. The third-order valence-corrected chi connectivity index (χ3v) is 2.86. The maximum Gasteiger partial charge on any atom is 0.251 e. The van der Waals surface area contributed by atoms with Crippen molar-refractivity contribution in [2.45, 2.75) is 26.7 Å². The van der Waals surface area contributed by atoms with Gasteiger partial charge in [0.2, 0.25) is 0 Å². The van der Waals surface area contributed by atoms with E-state index in [1.165, 1.54) is 0 Å². The second kappa shape index (κ2) is 9.20. The van der Waals surface area contributed by atoms with Gasteiger partial charge in [-0.05, 0) is 31.5 Å². The minimum absolute atomic E-state index is 0.0882. The predicted molar refractivity (Wildman–Crippen MR) is 83.1 cm³/mol. The number of carbonyl (C=O) groups excluding carboxylic acids is 1. The number of nitrogens with two attached hydrogens (primary N) is 1. The molecular weight excluding hydrogens is 254 g/mol. The van der Waals surface area contributed by atoms with Gasteiger partial charge in [-0.2, -0.15) is 0 Å². The van der Waals surface area contributed by atoms with E-state index < -0.39 is 0 Å². The van der Waals surface area contributed by atoms with Crippen LogP contribution >= 0.6 is 0 Å². The van der Waals surface area contributed by atoms with Gasteiger partial charge in [0.25, 0.3) is 5.91 Å². The number of hydrogen-bond acceptors (Lipinski definition) is 4. The van der Waals surface area contributed by atoms with Crippen LogP contribution in [0.25, 0.3) is 0 Å². The number of unbranched alkanes of at least 4 members (excludes halogenated alkanes) is 1. The molecule has 0 aromatic heterocycles. The summed E-state index contributed by atoms with van der Waals surface area (Å²) >= 11 is 0. The summed E-state index contributed by atoms with van der Waals surface area (Å²) in [6.45, 7) is 6.72. The topological polar surface area (TPSA) is 76.4 Å². The molecule has 5 heteroatoms. The van der Waals surface area contributed by atoms with Gasteiger partial charge in [0.05, 0.1) is 18.0 Å². The number of hydrogen-bond donors (Lipinski definition) is 3. The van der Waals surface area contributed by atoms with Gasteiger partial charge >= 0.3 is 0 Å². The lowest BCUT2D eigenvalue weighted by Gasteiger charge is -2.11. The molecule has 20 heavy (non-hydrogen) atoms. The quantitative estimate of drug-likeness (QED) is 0.478. The Morgan fingerprint density at radius 2 is 2.10 bits per heavy atom. The first kappa shape index (κ1) is 16.3. The number of nitrogen functional groups attached to an aromatic ring is 1. The molecule has 0 aliphatic carbocycles. The molecule has 112 valence electrons. The summed E-state index contributed by atoms with van der Waals surface area (Å²) in [5, 5.41) is 5.96. The van der Waals surface area contributed by atoms with E-state index in [0.717, 1.165) is 25.1 Å². The van der Waals surface area contributed by atoms with E-state index in [1.807, 2.05) is 6.92 Å². The van der Waals surface area contributed by atoms with Gasteiger partial charge < -0.3 is 21.1 Å². The molecule has 1 aromatic carbocycles. The summed E-state index contributed by atoms with van der Waals surface area (Å²) in [5.41, 5.74) is 7.90. The molecule has 1 amide bonds. The van der Waals surface area contributed by atoms with Gasteiger partial charge in [0, 0.05) is 25.3 Å². The summed E-state index contributed by atoms with van der Waals surface area (Å²) in [5.74, 6) is -0.0882. The zero-order valence-electron chi connectivity index (χ0n) is 12.4. The zero-order valence-corrected chi connectivity index (χ0v) is 12.4. The average Bonchev–Trinajstić information content (AvgIpc) is 2.44. The Morgan fingerprint density at radius 1 is 1.30 bits per heavy atom. The Kier molecular flexibility index (Phi) is 7.50. The van der Waals surface area contributed by atoms with Crippen LogP contribution in [0, 0.1) is 0 Å². The van der Waals surface area contributed by atoms with Crippen molar-refractivity contribution in [3.8, 4) is 0 Å². The van der Waals surface area contributed by atoms with Crippen molar-refractivity contribution in [2.75, 3.05) is 37.4 Å². The van der Waals surface area contributed by atoms with Crippen LogP contribution in [-0.4, -0.2) is 32.2 Å². The minimum Gasteiger partial charge on any atom is -0.397 e. The van der Waals surface area contributed by atoms with E-state index in [0.29, 0.717) is 30.9 Å². The second-order valence-electron chi connectivity index (χ2n) is 4.55. The zero-order chi connectivity index (χ0) is 14.8. The molecular formula is C15H25N3O2. The first-order valence-electron chi connectivity index (χ1n) is 7.18. The third-order valence-electron chi connectivity index (χ3n) is 2.86. The van der Waals surface area contributed by atoms with E-state index in [1.54, 1.807) is 18.2 Å². The standard InChI is InChI=1S/C15H25N3O2/c1-3-5-9-20-10-8-18-14-11-12(6-7-13(14)16)15(19)17-4-2/h6-7,11,18H,3-5,8-10,16H2,1-2H3,(H,17,19). The van der Waals surface area contributed by atoms with Crippen molar-refractivity contribution in [2.24, 2.45) is 0 Å². The van der Waals surface area contributed by atoms with Gasteiger partial charge in [-0.1, -0.05) is 13.3 Å². The van der Waals surface area contributed by atoms with Gasteiger partial charge in [-0.3, -0.25) is 4.79 Å². The fourth-order valence-corrected chi connectivity index (χ4v) is 1.72. The minimum atomic E-state index is -0.0882. The Bertz CT molecular complexity index is 422. The van der Waals surface area contributed by atoms with Crippen LogP contribution in [0.5, 0.6) is 0 Å². The van der Waals surface area contributed by atoms with Crippen LogP contribution < -0.4 is 16.4 Å². The maximum atomic E-state index is 11.8. The second-order valence-corrected chi connectivity index (χ2v) is 4.55. The average molecular weight is 279 g/mol. The number of rotatable bonds is 9. The van der Waals surface area contributed by atoms with Crippen molar-refractivity contribution in [1.82, 2.24) is 5.32 Å². The summed E-state index contributed by atoms with van der Waals surface area (Å²) in [4.78, 5) is 11.8. The van der Waals surface area contributed by atoms with Crippen molar-refractivity contribution in [3.63, 3.8) is 0 Å². The van der Waals surface area contributed by atoms with E-state index in [2.05, 4.69) is 17.6 Å².